The molecule has 1 rings (SSSR count). The second kappa shape index (κ2) is 4.74. The van der Waals surface area contributed by atoms with Crippen LogP contribution in [0.5, 0.6) is 0 Å². The minimum Gasteiger partial charge on any atom is -0.379 e. The van der Waals surface area contributed by atoms with Crippen molar-refractivity contribution in [3.8, 4) is 0 Å². The predicted octanol–water partition coefficient (Wildman–Crippen LogP) is 1.21. The Morgan fingerprint density at radius 2 is 2.31 bits per heavy atom. The van der Waals surface area contributed by atoms with Gasteiger partial charge < -0.3 is 4.74 Å². The molecule has 13 heavy (non-hydrogen) atoms. The van der Waals surface area contributed by atoms with Crippen LogP contribution in [0.1, 0.15) is 26.2 Å². The standard InChI is InChI=1S/C10H20N2O/c1-7(2)6-9(12-11)10(13-3)8-4-5-8/h8-10,12H,1,4-6,11H2,2-3H3. The SMILES string of the molecule is C=C(C)CC(NN)C(OC)C1CC1. The summed E-state index contributed by atoms with van der Waals surface area (Å²) in [5.41, 5.74) is 3.96. The summed E-state index contributed by atoms with van der Waals surface area (Å²) >= 11 is 0. The lowest BCUT2D eigenvalue weighted by atomic mass is 10.0. The average molecular weight is 184 g/mol. The molecule has 0 amide bonds. The normalized spacial score (nSPS) is 21.2. The first-order valence-corrected chi connectivity index (χ1v) is 4.82. The number of nitrogens with one attached hydrogen (secondary N) is 1. The third-order valence-electron chi connectivity index (χ3n) is 2.54. The molecule has 0 aromatic rings. The minimum absolute atomic E-state index is 0.218. The maximum Gasteiger partial charge on any atom is 0.0768 e. The highest BCUT2D eigenvalue weighted by molar-refractivity contribution is 4.98. The van der Waals surface area contributed by atoms with E-state index >= 15 is 0 Å². The molecule has 1 aliphatic rings. The molecule has 0 heterocycles. The molecule has 0 bridgehead atoms. The summed E-state index contributed by atoms with van der Waals surface area (Å²) < 4.78 is 5.44. The van der Waals surface area contributed by atoms with Crippen molar-refractivity contribution in [1.82, 2.24) is 5.43 Å². The summed E-state index contributed by atoms with van der Waals surface area (Å²) in [5, 5.41) is 0. The van der Waals surface area contributed by atoms with Crippen molar-refractivity contribution >= 4 is 0 Å². The highest BCUT2D eigenvalue weighted by Crippen LogP contribution is 2.36. The second-order valence-corrected chi connectivity index (χ2v) is 3.97. The van der Waals surface area contributed by atoms with Gasteiger partial charge in [0.15, 0.2) is 0 Å². The van der Waals surface area contributed by atoms with Crippen LogP contribution >= 0.6 is 0 Å². The average Bonchev–Trinajstić information content (AvgIpc) is 2.87. The summed E-state index contributed by atoms with van der Waals surface area (Å²) in [7, 11) is 1.76. The summed E-state index contributed by atoms with van der Waals surface area (Å²) in [6.07, 6.45) is 3.69. The Labute approximate surface area is 80.3 Å². The number of hydrazine groups is 1. The van der Waals surface area contributed by atoms with E-state index in [4.69, 9.17) is 10.6 Å². The van der Waals surface area contributed by atoms with Crippen molar-refractivity contribution in [2.45, 2.75) is 38.3 Å². The number of hydrogen-bond acceptors (Lipinski definition) is 3. The van der Waals surface area contributed by atoms with E-state index in [9.17, 15) is 0 Å². The molecule has 2 atom stereocenters. The molecule has 3 nitrogen and oxygen atoms in total. The van der Waals surface area contributed by atoms with Gasteiger partial charge in [-0.15, -0.1) is 6.58 Å². The van der Waals surface area contributed by atoms with Crippen LogP contribution in [0.4, 0.5) is 0 Å². The van der Waals surface area contributed by atoms with Gasteiger partial charge in [-0.05, 0) is 32.1 Å². The van der Waals surface area contributed by atoms with Gasteiger partial charge in [-0.1, -0.05) is 5.57 Å². The van der Waals surface area contributed by atoms with E-state index in [2.05, 4.69) is 12.0 Å². The molecule has 0 aliphatic heterocycles. The molecule has 0 spiro atoms. The van der Waals surface area contributed by atoms with Crippen molar-refractivity contribution in [3.05, 3.63) is 12.2 Å². The molecule has 3 heteroatoms. The topological polar surface area (TPSA) is 47.3 Å². The molecular formula is C10H20N2O. The van der Waals surface area contributed by atoms with Gasteiger partial charge in [0.2, 0.25) is 0 Å². The van der Waals surface area contributed by atoms with Crippen LogP contribution in [0.2, 0.25) is 0 Å². The lowest BCUT2D eigenvalue weighted by molar-refractivity contribution is 0.0511. The highest BCUT2D eigenvalue weighted by Gasteiger charge is 2.36. The summed E-state index contributed by atoms with van der Waals surface area (Å²) in [6, 6.07) is 0.218. The van der Waals surface area contributed by atoms with E-state index in [0.29, 0.717) is 5.92 Å². The molecule has 76 valence electrons. The van der Waals surface area contributed by atoms with Gasteiger partial charge in [-0.2, -0.15) is 0 Å². The zero-order valence-corrected chi connectivity index (χ0v) is 8.55. The third-order valence-corrected chi connectivity index (χ3v) is 2.54. The number of rotatable bonds is 6. The van der Waals surface area contributed by atoms with Crippen molar-refractivity contribution in [1.29, 1.82) is 0 Å². The fourth-order valence-corrected chi connectivity index (χ4v) is 1.76. The maximum absolute atomic E-state index is 5.49. The van der Waals surface area contributed by atoms with Crippen LogP contribution < -0.4 is 11.3 Å². The number of nitrogens with two attached hydrogens (primary N) is 1. The quantitative estimate of drug-likeness (QED) is 0.370. The maximum atomic E-state index is 5.49. The summed E-state index contributed by atoms with van der Waals surface area (Å²) in [5.74, 6) is 6.19. The largest absolute Gasteiger partial charge is 0.379 e. The molecule has 0 aromatic carbocycles. The van der Waals surface area contributed by atoms with Gasteiger partial charge in [0, 0.05) is 7.11 Å². The van der Waals surface area contributed by atoms with E-state index in [1.807, 2.05) is 6.92 Å². The first kappa shape index (κ1) is 10.7. The van der Waals surface area contributed by atoms with E-state index in [1.54, 1.807) is 7.11 Å². The van der Waals surface area contributed by atoms with Crippen LogP contribution in [0, 0.1) is 5.92 Å². The molecule has 0 aromatic heterocycles. The van der Waals surface area contributed by atoms with Crippen LogP contribution in [0.3, 0.4) is 0 Å². The minimum atomic E-state index is 0.218. The van der Waals surface area contributed by atoms with Crippen molar-refractivity contribution in [2.75, 3.05) is 7.11 Å². The zero-order valence-electron chi connectivity index (χ0n) is 8.55. The second-order valence-electron chi connectivity index (χ2n) is 3.97. The third kappa shape index (κ3) is 3.10. The van der Waals surface area contributed by atoms with Crippen molar-refractivity contribution in [3.63, 3.8) is 0 Å². The van der Waals surface area contributed by atoms with Gasteiger partial charge in [0.25, 0.3) is 0 Å². The zero-order chi connectivity index (χ0) is 9.84. The Hall–Kier alpha value is -0.380. The Morgan fingerprint density at radius 3 is 2.62 bits per heavy atom. The van der Waals surface area contributed by atoms with Crippen molar-refractivity contribution < 1.29 is 4.74 Å². The van der Waals surface area contributed by atoms with E-state index in [-0.39, 0.29) is 12.1 Å². The van der Waals surface area contributed by atoms with Gasteiger partial charge in [0.05, 0.1) is 12.1 Å². The van der Waals surface area contributed by atoms with Crippen LogP contribution in [0.15, 0.2) is 12.2 Å². The lowest BCUT2D eigenvalue weighted by Crippen LogP contribution is -2.46. The number of methoxy groups -OCH3 is 1. The van der Waals surface area contributed by atoms with Crippen LogP contribution in [-0.2, 0) is 4.74 Å². The monoisotopic (exact) mass is 184 g/mol. The predicted molar refractivity (Wildman–Crippen MR) is 54.1 cm³/mol. The highest BCUT2D eigenvalue weighted by atomic mass is 16.5. The fraction of sp³-hybridized carbons (Fsp3) is 0.800. The van der Waals surface area contributed by atoms with E-state index in [0.717, 1.165) is 12.0 Å². The van der Waals surface area contributed by atoms with Crippen LogP contribution in [-0.4, -0.2) is 19.3 Å². The summed E-state index contributed by atoms with van der Waals surface area (Å²) in [6.45, 7) is 5.91. The molecule has 1 saturated carbocycles. The van der Waals surface area contributed by atoms with Gasteiger partial charge in [-0.25, -0.2) is 0 Å². The van der Waals surface area contributed by atoms with Gasteiger partial charge in [-0.3, -0.25) is 11.3 Å². The Morgan fingerprint density at radius 1 is 1.69 bits per heavy atom. The Bertz CT molecular complexity index is 178. The van der Waals surface area contributed by atoms with E-state index < -0.39 is 0 Å². The van der Waals surface area contributed by atoms with Crippen LogP contribution in [0.25, 0.3) is 0 Å². The molecule has 0 saturated heterocycles. The smallest absolute Gasteiger partial charge is 0.0768 e. The van der Waals surface area contributed by atoms with Gasteiger partial charge >= 0.3 is 0 Å². The van der Waals surface area contributed by atoms with Gasteiger partial charge in [0.1, 0.15) is 0 Å². The first-order valence-electron chi connectivity index (χ1n) is 4.82. The molecular weight excluding hydrogens is 164 g/mol. The molecule has 2 unspecified atom stereocenters. The Balaban J connectivity index is 2.45. The molecule has 1 fully saturated rings. The summed E-state index contributed by atoms with van der Waals surface area (Å²) in [4.78, 5) is 0. The molecule has 1 aliphatic carbocycles. The fourth-order valence-electron chi connectivity index (χ4n) is 1.76. The lowest BCUT2D eigenvalue weighted by Gasteiger charge is -2.25. The van der Waals surface area contributed by atoms with Crippen molar-refractivity contribution in [2.24, 2.45) is 11.8 Å². The number of hydrogen-bond donors (Lipinski definition) is 2. The van der Waals surface area contributed by atoms with E-state index in [1.165, 1.54) is 12.8 Å². The molecule has 3 N–H and O–H groups in total. The Kier molecular flexibility index (Phi) is 3.90. The number of ether oxygens (including phenoxy) is 1. The molecule has 0 radical (unpaired) electrons. The first-order chi connectivity index (χ1) is 6.19.